The van der Waals surface area contributed by atoms with E-state index >= 15 is 0 Å². The average molecular weight is 708 g/mol. The van der Waals surface area contributed by atoms with Gasteiger partial charge in [0, 0.05) is 44.9 Å². The summed E-state index contributed by atoms with van der Waals surface area (Å²) in [7, 11) is 0. The molecule has 264 valence electrons. The van der Waals surface area contributed by atoms with E-state index in [1.54, 1.807) is 0 Å². The summed E-state index contributed by atoms with van der Waals surface area (Å²) >= 11 is 0. The highest BCUT2D eigenvalue weighted by Gasteiger charge is 2.22. The third-order valence-electron chi connectivity index (χ3n) is 11.4. The lowest BCUT2D eigenvalue weighted by Crippen LogP contribution is -2.13. The second-order valence-corrected chi connectivity index (χ2v) is 14.9. The number of anilines is 3. The van der Waals surface area contributed by atoms with Gasteiger partial charge < -0.3 is 9.32 Å². The van der Waals surface area contributed by atoms with Gasteiger partial charge in [-0.15, -0.1) is 0 Å². The maximum atomic E-state index is 6.82. The van der Waals surface area contributed by atoms with E-state index in [2.05, 4.69) is 206 Å². The number of furan rings is 1. The van der Waals surface area contributed by atoms with Crippen molar-refractivity contribution < 1.29 is 4.42 Å². The summed E-state index contributed by atoms with van der Waals surface area (Å²) in [6, 6.07) is 55.2. The van der Waals surface area contributed by atoms with Gasteiger partial charge in [0.2, 0.25) is 0 Å². The number of fused-ring (bicyclic) bond motifs is 4. The molecule has 1 aromatic heterocycles. The van der Waals surface area contributed by atoms with Crippen LogP contribution in [0.25, 0.3) is 60.5 Å². The van der Waals surface area contributed by atoms with Crippen LogP contribution in [0.2, 0.25) is 0 Å². The highest BCUT2D eigenvalue weighted by Crippen LogP contribution is 2.43. The molecule has 10 rings (SSSR count). The van der Waals surface area contributed by atoms with Gasteiger partial charge in [0.25, 0.3) is 0 Å². The predicted molar refractivity (Wildman–Crippen MR) is 233 cm³/mol. The molecule has 2 nitrogen and oxygen atoms in total. The van der Waals surface area contributed by atoms with Crippen LogP contribution in [0.1, 0.15) is 36.8 Å². The molecule has 0 spiro atoms. The average Bonchev–Trinajstić information content (AvgIpc) is 3.64. The van der Waals surface area contributed by atoms with E-state index in [1.807, 2.05) is 0 Å². The molecule has 0 radical (unpaired) electrons. The van der Waals surface area contributed by atoms with Crippen molar-refractivity contribution in [1.29, 1.82) is 0 Å². The molecule has 7 aromatic carbocycles. The Morgan fingerprint density at radius 1 is 0.527 bits per heavy atom. The molecule has 0 aliphatic heterocycles. The third kappa shape index (κ3) is 6.10. The van der Waals surface area contributed by atoms with Crippen LogP contribution < -0.4 is 4.90 Å². The normalized spacial score (nSPS) is 16.6. The Morgan fingerprint density at radius 3 is 2.00 bits per heavy atom. The Kier molecular flexibility index (Phi) is 8.37. The molecule has 0 bridgehead atoms. The summed E-state index contributed by atoms with van der Waals surface area (Å²) in [5, 5.41) is 4.64. The first-order chi connectivity index (χ1) is 27.2. The number of hydrogen-bond acceptors (Lipinski definition) is 2. The molecule has 55 heavy (non-hydrogen) atoms. The quantitative estimate of drug-likeness (QED) is 0.164. The van der Waals surface area contributed by atoms with Gasteiger partial charge in [0.05, 0.1) is 0 Å². The van der Waals surface area contributed by atoms with E-state index < -0.39 is 0 Å². The Morgan fingerprint density at radius 2 is 1.25 bits per heavy atom. The molecule has 2 atom stereocenters. The minimum Gasteiger partial charge on any atom is -0.455 e. The minimum atomic E-state index is 0.310. The molecular formula is C53H41NO. The predicted octanol–water partition coefficient (Wildman–Crippen LogP) is 15.1. The Bertz CT molecular complexity index is 2830. The van der Waals surface area contributed by atoms with Gasteiger partial charge in [-0.3, -0.25) is 0 Å². The van der Waals surface area contributed by atoms with Crippen LogP contribution >= 0.6 is 0 Å². The Hall–Kier alpha value is -6.64. The Balaban J connectivity index is 1.12. The molecule has 8 aromatic rings. The van der Waals surface area contributed by atoms with Gasteiger partial charge >= 0.3 is 0 Å². The summed E-state index contributed by atoms with van der Waals surface area (Å²) in [5.41, 5.74) is 13.8. The number of rotatable bonds is 7. The van der Waals surface area contributed by atoms with Crippen LogP contribution in [0.3, 0.4) is 0 Å². The van der Waals surface area contributed by atoms with E-state index in [9.17, 15) is 0 Å². The smallest absolute Gasteiger partial charge is 0.143 e. The number of hydrogen-bond donors (Lipinski definition) is 0. The van der Waals surface area contributed by atoms with Crippen molar-refractivity contribution in [3.63, 3.8) is 0 Å². The number of para-hydroxylation sites is 3. The molecular weight excluding hydrogens is 667 g/mol. The van der Waals surface area contributed by atoms with Crippen molar-refractivity contribution in [3.8, 4) is 22.3 Å². The van der Waals surface area contributed by atoms with E-state index in [0.717, 1.165) is 68.4 Å². The van der Waals surface area contributed by atoms with Crippen LogP contribution in [0.15, 0.2) is 199 Å². The molecule has 0 N–H and O–H groups in total. The fourth-order valence-corrected chi connectivity index (χ4v) is 8.58. The molecule has 0 saturated carbocycles. The van der Waals surface area contributed by atoms with Gasteiger partial charge in [-0.25, -0.2) is 0 Å². The second kappa shape index (κ2) is 14.0. The molecule has 1 heterocycles. The number of allylic oxidation sites excluding steroid dienone is 8. The van der Waals surface area contributed by atoms with Gasteiger partial charge in [-0.05, 0) is 99.8 Å². The van der Waals surface area contributed by atoms with Crippen LogP contribution in [0.4, 0.5) is 17.1 Å². The summed E-state index contributed by atoms with van der Waals surface area (Å²) in [4.78, 5) is 2.43. The zero-order valence-corrected chi connectivity index (χ0v) is 30.9. The standard InChI is InChI=1S/C53H41NO/c1-36-15-11-12-22-47(36)43-32-42(37-16-5-2-6-17-37)34-46(35-43)54(44-20-9-4-10-21-44)45-30-29-38-27-28-40(31-41(38)33-45)49-24-14-26-51-50-25-13-23-48(52(50)55-53(49)51)39-18-7-3-8-19-39/h2-5,7-16,18-36,47H,6,17H2,1H3. The van der Waals surface area contributed by atoms with Crippen LogP contribution in [0.5, 0.6) is 0 Å². The zero-order chi connectivity index (χ0) is 36.7. The maximum absolute atomic E-state index is 6.82. The summed E-state index contributed by atoms with van der Waals surface area (Å²) in [5.74, 6) is 0.726. The van der Waals surface area contributed by atoms with Gasteiger partial charge in [-0.2, -0.15) is 0 Å². The van der Waals surface area contributed by atoms with Crippen molar-refractivity contribution in [3.05, 3.63) is 205 Å². The number of nitrogens with zero attached hydrogens (tertiary/aromatic N) is 1. The topological polar surface area (TPSA) is 16.4 Å². The fourth-order valence-electron chi connectivity index (χ4n) is 8.58. The first-order valence-electron chi connectivity index (χ1n) is 19.4. The van der Waals surface area contributed by atoms with E-state index in [4.69, 9.17) is 4.42 Å². The first-order valence-corrected chi connectivity index (χ1v) is 19.4. The summed E-state index contributed by atoms with van der Waals surface area (Å²) < 4.78 is 6.82. The van der Waals surface area contributed by atoms with E-state index in [0.29, 0.717) is 11.8 Å². The molecule has 0 fully saturated rings. The van der Waals surface area contributed by atoms with E-state index in [-0.39, 0.29) is 0 Å². The lowest BCUT2D eigenvalue weighted by Gasteiger charge is -2.29. The highest BCUT2D eigenvalue weighted by molar-refractivity contribution is 6.13. The first kappa shape index (κ1) is 33.0. The zero-order valence-electron chi connectivity index (χ0n) is 30.9. The molecule has 0 saturated heterocycles. The van der Waals surface area contributed by atoms with Crippen LogP contribution in [-0.4, -0.2) is 0 Å². The third-order valence-corrected chi connectivity index (χ3v) is 11.4. The van der Waals surface area contributed by atoms with Crippen molar-refractivity contribution in [2.24, 2.45) is 5.92 Å². The van der Waals surface area contributed by atoms with Crippen molar-refractivity contribution in [2.75, 3.05) is 4.90 Å². The van der Waals surface area contributed by atoms with Crippen LogP contribution in [-0.2, 0) is 0 Å². The highest BCUT2D eigenvalue weighted by atomic mass is 16.3. The van der Waals surface area contributed by atoms with Gasteiger partial charge in [0.15, 0.2) is 0 Å². The monoisotopic (exact) mass is 707 g/mol. The molecule has 2 unspecified atom stereocenters. The van der Waals surface area contributed by atoms with Crippen molar-refractivity contribution in [2.45, 2.75) is 25.7 Å². The van der Waals surface area contributed by atoms with Gasteiger partial charge in [0.1, 0.15) is 11.2 Å². The van der Waals surface area contributed by atoms with E-state index in [1.165, 1.54) is 33.2 Å². The molecule has 0 amide bonds. The molecule has 2 heteroatoms. The minimum absolute atomic E-state index is 0.310. The lowest BCUT2D eigenvalue weighted by atomic mass is 9.82. The summed E-state index contributed by atoms with van der Waals surface area (Å²) in [6.45, 7) is 2.32. The maximum Gasteiger partial charge on any atom is 0.143 e. The Labute approximate surface area is 322 Å². The largest absolute Gasteiger partial charge is 0.455 e. The molecule has 2 aliphatic rings. The van der Waals surface area contributed by atoms with Gasteiger partial charge in [-0.1, -0.05) is 159 Å². The van der Waals surface area contributed by atoms with Crippen LogP contribution in [0, 0.1) is 5.92 Å². The van der Waals surface area contributed by atoms with Crippen molar-refractivity contribution in [1.82, 2.24) is 0 Å². The summed E-state index contributed by atoms with van der Waals surface area (Å²) in [6.07, 6.45) is 17.9. The lowest BCUT2D eigenvalue weighted by molar-refractivity contribution is 0.635. The number of benzene rings is 7. The SMILES string of the molecule is CC1C=CC=CC1c1cc(C2=CC=CCC2)cc(N(c2ccccc2)c2ccc3ccc(-c4cccc5c4oc4c(-c6ccccc6)cccc45)cc3c2)c1. The van der Waals surface area contributed by atoms with Crippen molar-refractivity contribution >= 4 is 55.3 Å². The second-order valence-electron chi connectivity index (χ2n) is 14.9. The molecule has 2 aliphatic carbocycles. The fraction of sp³-hybridized carbons (Fsp3) is 0.0943.